The average Bonchev–Trinajstić information content (AvgIpc) is 3.32. The minimum absolute atomic E-state index is 0.0290. The second-order valence-electron chi connectivity index (χ2n) is 7.68. The Kier molecular flexibility index (Phi) is 4.27. The number of fused-ring (bicyclic) bond motifs is 1. The van der Waals surface area contributed by atoms with Crippen molar-refractivity contribution in [1.82, 2.24) is 19.9 Å². The largest absolute Gasteiger partial charge is 0.381 e. The number of hydrogen-bond donors (Lipinski definition) is 3. The summed E-state index contributed by atoms with van der Waals surface area (Å²) in [5.41, 5.74) is 3.17. The summed E-state index contributed by atoms with van der Waals surface area (Å²) in [5.74, 6) is 1.74. The molecule has 0 radical (unpaired) electrons. The highest BCUT2D eigenvalue weighted by Crippen LogP contribution is 2.29. The molecule has 8 heteroatoms. The molecule has 28 heavy (non-hydrogen) atoms. The fourth-order valence-corrected chi connectivity index (χ4v) is 3.64. The molecule has 8 nitrogen and oxygen atoms in total. The van der Waals surface area contributed by atoms with E-state index in [-0.39, 0.29) is 5.91 Å². The Balaban J connectivity index is 1.52. The molecule has 2 aliphatic heterocycles. The van der Waals surface area contributed by atoms with Crippen molar-refractivity contribution in [3.8, 4) is 0 Å². The van der Waals surface area contributed by atoms with Gasteiger partial charge in [0, 0.05) is 42.6 Å². The number of amides is 1. The van der Waals surface area contributed by atoms with Gasteiger partial charge in [-0.05, 0) is 37.3 Å². The van der Waals surface area contributed by atoms with Crippen LogP contribution >= 0.6 is 0 Å². The van der Waals surface area contributed by atoms with Gasteiger partial charge in [0.25, 0.3) is 0 Å². The van der Waals surface area contributed by atoms with Gasteiger partial charge >= 0.3 is 0 Å². The minimum Gasteiger partial charge on any atom is -0.381 e. The van der Waals surface area contributed by atoms with E-state index in [9.17, 15) is 4.79 Å². The zero-order chi connectivity index (χ0) is 19.1. The van der Waals surface area contributed by atoms with Gasteiger partial charge < -0.3 is 20.7 Å². The van der Waals surface area contributed by atoms with Crippen LogP contribution in [0.25, 0.3) is 11.7 Å². The maximum absolute atomic E-state index is 11.6. The van der Waals surface area contributed by atoms with Crippen LogP contribution in [0, 0.1) is 0 Å². The highest BCUT2D eigenvalue weighted by Gasteiger charge is 2.24. The first-order valence-electron chi connectivity index (χ1n) is 9.85. The van der Waals surface area contributed by atoms with Crippen molar-refractivity contribution in [1.29, 1.82) is 0 Å². The van der Waals surface area contributed by atoms with Gasteiger partial charge in [-0.15, -0.1) is 0 Å². The number of ether oxygens (including phenoxy) is 1. The van der Waals surface area contributed by atoms with Crippen molar-refractivity contribution in [2.24, 2.45) is 0 Å². The van der Waals surface area contributed by atoms with Gasteiger partial charge in [-0.1, -0.05) is 6.58 Å². The molecule has 0 aromatic carbocycles. The Morgan fingerprint density at radius 2 is 2.00 bits per heavy atom. The summed E-state index contributed by atoms with van der Waals surface area (Å²) in [6.45, 7) is 5.48. The number of rotatable bonds is 5. The molecule has 1 amide bonds. The van der Waals surface area contributed by atoms with Crippen LogP contribution in [0.5, 0.6) is 0 Å². The third kappa shape index (κ3) is 3.47. The number of aromatic nitrogens is 3. The zero-order valence-corrected chi connectivity index (χ0v) is 15.7. The minimum atomic E-state index is -0.0290. The van der Waals surface area contributed by atoms with Crippen LogP contribution in [0.15, 0.2) is 30.1 Å². The smallest absolute Gasteiger partial charge is 0.228 e. The van der Waals surface area contributed by atoms with E-state index in [0.29, 0.717) is 24.2 Å². The van der Waals surface area contributed by atoms with Crippen LogP contribution in [0.2, 0.25) is 0 Å². The van der Waals surface area contributed by atoms with Crippen molar-refractivity contribution in [2.75, 3.05) is 23.8 Å². The van der Waals surface area contributed by atoms with Crippen LogP contribution < -0.4 is 16.0 Å². The fraction of sp³-hybridized carbons (Fsp3) is 0.450. The standard InChI is InChI=1S/C20H24N6O2/c1-12-13(9-19(27)22-12)8-14-11-21-26-18(24-15-2-3-15)10-17(25-20(14)26)23-16-4-6-28-7-5-16/h8,10-11,15-16,24H,1-7,9H2,(H,22,27)(H,23,25)/b13-8+. The van der Waals surface area contributed by atoms with Gasteiger partial charge in [-0.3, -0.25) is 4.79 Å². The lowest BCUT2D eigenvalue weighted by Gasteiger charge is -2.24. The van der Waals surface area contributed by atoms with E-state index in [4.69, 9.17) is 9.72 Å². The van der Waals surface area contributed by atoms with E-state index < -0.39 is 0 Å². The first kappa shape index (κ1) is 17.2. The van der Waals surface area contributed by atoms with E-state index in [1.165, 1.54) is 12.8 Å². The van der Waals surface area contributed by atoms with Gasteiger partial charge in [0.15, 0.2) is 5.65 Å². The Bertz CT molecular complexity index is 968. The van der Waals surface area contributed by atoms with E-state index in [0.717, 1.165) is 54.5 Å². The molecule has 2 aromatic rings. The molecular formula is C20H24N6O2. The summed E-state index contributed by atoms with van der Waals surface area (Å²) in [6, 6.07) is 2.90. The van der Waals surface area contributed by atoms with E-state index in [2.05, 4.69) is 27.6 Å². The van der Waals surface area contributed by atoms with Crippen molar-refractivity contribution in [2.45, 2.75) is 44.2 Å². The van der Waals surface area contributed by atoms with Crippen LogP contribution in [-0.2, 0) is 9.53 Å². The van der Waals surface area contributed by atoms with E-state index in [1.54, 1.807) is 6.20 Å². The number of carbonyl (C=O) groups excluding carboxylic acids is 1. The topological polar surface area (TPSA) is 92.6 Å². The molecule has 5 rings (SSSR count). The highest BCUT2D eigenvalue weighted by molar-refractivity contribution is 5.89. The maximum atomic E-state index is 11.6. The SMILES string of the molecule is C=C1NC(=O)C/C1=C\c1cnn2c(NC3CC3)cc(NC3CCOCC3)nc12. The number of allylic oxidation sites excluding steroid dienone is 1. The number of hydrogen-bond acceptors (Lipinski definition) is 6. The van der Waals surface area contributed by atoms with E-state index >= 15 is 0 Å². The maximum Gasteiger partial charge on any atom is 0.228 e. The molecular weight excluding hydrogens is 356 g/mol. The third-order valence-electron chi connectivity index (χ3n) is 5.36. The highest BCUT2D eigenvalue weighted by atomic mass is 16.5. The molecule has 4 heterocycles. The predicted octanol–water partition coefficient (Wildman–Crippen LogP) is 2.31. The molecule has 0 atom stereocenters. The Morgan fingerprint density at radius 1 is 1.21 bits per heavy atom. The Morgan fingerprint density at radius 3 is 2.71 bits per heavy atom. The van der Waals surface area contributed by atoms with E-state index in [1.807, 2.05) is 16.7 Å². The van der Waals surface area contributed by atoms with Gasteiger partial charge in [-0.25, -0.2) is 4.98 Å². The number of nitrogens with one attached hydrogen (secondary N) is 3. The Hall–Kier alpha value is -2.87. The van der Waals surface area contributed by atoms with Crippen molar-refractivity contribution >= 4 is 29.3 Å². The van der Waals surface area contributed by atoms with Crippen LogP contribution in [0.3, 0.4) is 0 Å². The monoisotopic (exact) mass is 380 g/mol. The van der Waals surface area contributed by atoms with Gasteiger partial charge in [0.05, 0.1) is 12.6 Å². The molecule has 3 aliphatic rings. The quantitative estimate of drug-likeness (QED) is 0.737. The summed E-state index contributed by atoms with van der Waals surface area (Å²) >= 11 is 0. The molecule has 0 spiro atoms. The second-order valence-corrected chi connectivity index (χ2v) is 7.68. The van der Waals surface area contributed by atoms with Crippen LogP contribution in [-0.4, -0.2) is 45.8 Å². The number of nitrogens with zero attached hydrogens (tertiary/aromatic N) is 3. The molecule has 146 valence electrons. The molecule has 0 bridgehead atoms. The molecule has 3 N–H and O–H groups in total. The van der Waals surface area contributed by atoms with Gasteiger partial charge in [-0.2, -0.15) is 9.61 Å². The third-order valence-corrected chi connectivity index (χ3v) is 5.36. The van der Waals surface area contributed by atoms with Crippen LogP contribution in [0.1, 0.15) is 37.7 Å². The summed E-state index contributed by atoms with van der Waals surface area (Å²) in [6.07, 6.45) is 8.39. The normalized spacial score (nSPS) is 22.1. The summed E-state index contributed by atoms with van der Waals surface area (Å²) in [7, 11) is 0. The van der Waals surface area contributed by atoms with Crippen molar-refractivity contribution in [3.63, 3.8) is 0 Å². The van der Waals surface area contributed by atoms with Crippen molar-refractivity contribution < 1.29 is 9.53 Å². The zero-order valence-electron chi connectivity index (χ0n) is 15.7. The second kappa shape index (κ2) is 6.94. The first-order valence-corrected chi connectivity index (χ1v) is 9.85. The molecule has 2 aromatic heterocycles. The lowest BCUT2D eigenvalue weighted by atomic mass is 10.1. The number of anilines is 2. The Labute approximate surface area is 163 Å². The number of carbonyl (C=O) groups is 1. The van der Waals surface area contributed by atoms with Gasteiger partial charge in [0.2, 0.25) is 5.91 Å². The molecule has 1 saturated carbocycles. The lowest BCUT2D eigenvalue weighted by Crippen LogP contribution is -2.28. The summed E-state index contributed by atoms with van der Waals surface area (Å²) in [5, 5.41) is 14.4. The lowest BCUT2D eigenvalue weighted by molar-refractivity contribution is -0.118. The summed E-state index contributed by atoms with van der Waals surface area (Å²) in [4.78, 5) is 16.5. The predicted molar refractivity (Wildman–Crippen MR) is 107 cm³/mol. The molecule has 0 unspecified atom stereocenters. The van der Waals surface area contributed by atoms with Gasteiger partial charge in [0.1, 0.15) is 11.6 Å². The molecule has 3 fully saturated rings. The molecule has 2 saturated heterocycles. The van der Waals surface area contributed by atoms with Crippen molar-refractivity contribution in [3.05, 3.63) is 35.7 Å². The fourth-order valence-electron chi connectivity index (χ4n) is 3.64. The average molecular weight is 380 g/mol. The summed E-state index contributed by atoms with van der Waals surface area (Å²) < 4.78 is 7.30. The van der Waals surface area contributed by atoms with Crippen LogP contribution in [0.4, 0.5) is 11.6 Å². The first-order chi connectivity index (χ1) is 13.7. The molecule has 1 aliphatic carbocycles.